The second kappa shape index (κ2) is 10.6. The zero-order valence-electron chi connectivity index (χ0n) is 9.70. The second-order valence-electron chi connectivity index (χ2n) is 3.28. The molecule has 0 aromatic rings. The van der Waals surface area contributed by atoms with Crippen LogP contribution in [0.5, 0.6) is 0 Å². The van der Waals surface area contributed by atoms with Crippen LogP contribution in [0.4, 0.5) is 0 Å². The summed E-state index contributed by atoms with van der Waals surface area (Å²) in [5, 5.41) is 0. The fraction of sp³-hybridized carbons (Fsp3) is 0.727. The minimum Gasteiger partial charge on any atom is -0.380 e. The molecule has 0 aliphatic heterocycles. The molecule has 0 aromatic heterocycles. The van der Waals surface area contributed by atoms with E-state index in [1.165, 1.54) is 0 Å². The minimum absolute atomic E-state index is 0.0448. The first-order valence-corrected chi connectivity index (χ1v) is 5.27. The molecule has 92 valence electrons. The van der Waals surface area contributed by atoms with E-state index < -0.39 is 0 Å². The van der Waals surface area contributed by atoms with Crippen LogP contribution in [0.3, 0.4) is 0 Å². The van der Waals surface area contributed by atoms with Gasteiger partial charge in [-0.3, -0.25) is 4.79 Å². The van der Waals surface area contributed by atoms with Crippen LogP contribution in [0.1, 0.15) is 13.3 Å². The van der Waals surface area contributed by atoms with Gasteiger partial charge in [-0.05, 0) is 19.3 Å². The highest BCUT2D eigenvalue weighted by Gasteiger charge is 1.99. The zero-order valence-corrected chi connectivity index (χ0v) is 9.70. The lowest BCUT2D eigenvalue weighted by Gasteiger charge is -2.09. The Bertz CT molecular complexity index is 245. The van der Waals surface area contributed by atoms with Crippen LogP contribution in [0.15, 0.2) is 0 Å². The molecule has 5 nitrogen and oxygen atoms in total. The Morgan fingerprint density at radius 2 is 2.06 bits per heavy atom. The molecular weight excluding hydrogens is 208 g/mol. The summed E-state index contributed by atoms with van der Waals surface area (Å²) in [6.45, 7) is 3.57. The second-order valence-corrected chi connectivity index (χ2v) is 3.28. The number of Topliss-reactive ketones (excluding diaryl/α,β-unsaturated/α-hetero) is 1. The van der Waals surface area contributed by atoms with Crippen molar-refractivity contribution < 1.29 is 14.3 Å². The van der Waals surface area contributed by atoms with Crippen LogP contribution in [0.25, 0.3) is 0 Å². The molecule has 0 aliphatic carbocycles. The third-order valence-corrected chi connectivity index (χ3v) is 1.71. The van der Waals surface area contributed by atoms with Crippen LogP contribution in [0.2, 0.25) is 0 Å². The van der Waals surface area contributed by atoms with Crippen molar-refractivity contribution in [2.45, 2.75) is 19.4 Å². The monoisotopic (exact) mass is 228 g/mol. The van der Waals surface area contributed by atoms with E-state index in [0.29, 0.717) is 26.4 Å². The van der Waals surface area contributed by atoms with Gasteiger partial charge in [0.25, 0.3) is 0 Å². The lowest BCUT2D eigenvalue weighted by molar-refractivity contribution is -0.118. The highest BCUT2D eigenvalue weighted by Crippen LogP contribution is 1.87. The fourth-order valence-corrected chi connectivity index (χ4v) is 0.906. The fourth-order valence-electron chi connectivity index (χ4n) is 0.906. The maximum atomic E-state index is 10.9. The van der Waals surface area contributed by atoms with Gasteiger partial charge in [-0.2, -0.15) is 0 Å². The third-order valence-electron chi connectivity index (χ3n) is 1.71. The molecule has 0 radical (unpaired) electrons. The minimum atomic E-state index is -0.200. The number of nitrogens with two attached hydrogens (primary N) is 2. The van der Waals surface area contributed by atoms with Gasteiger partial charge in [0.2, 0.25) is 5.78 Å². The summed E-state index contributed by atoms with van der Waals surface area (Å²) in [4.78, 5) is 10.9. The van der Waals surface area contributed by atoms with E-state index in [0.717, 1.165) is 6.42 Å². The van der Waals surface area contributed by atoms with Gasteiger partial charge in [-0.15, -0.1) is 0 Å². The van der Waals surface area contributed by atoms with E-state index in [-0.39, 0.29) is 18.4 Å². The summed E-state index contributed by atoms with van der Waals surface area (Å²) in [5.41, 5.74) is 10.9. The van der Waals surface area contributed by atoms with Gasteiger partial charge >= 0.3 is 0 Å². The van der Waals surface area contributed by atoms with E-state index >= 15 is 0 Å². The van der Waals surface area contributed by atoms with Crippen molar-refractivity contribution in [2.24, 2.45) is 11.5 Å². The third kappa shape index (κ3) is 9.62. The first-order valence-electron chi connectivity index (χ1n) is 5.27. The summed E-state index contributed by atoms with van der Waals surface area (Å²) < 4.78 is 10.3. The van der Waals surface area contributed by atoms with E-state index in [1.807, 2.05) is 0 Å². The molecule has 0 heterocycles. The molecule has 0 aliphatic rings. The number of hydrogen-bond donors (Lipinski definition) is 2. The first kappa shape index (κ1) is 15.1. The van der Waals surface area contributed by atoms with E-state index in [2.05, 4.69) is 11.8 Å². The molecule has 0 amide bonds. The van der Waals surface area contributed by atoms with Gasteiger partial charge in [-0.25, -0.2) is 0 Å². The van der Waals surface area contributed by atoms with Gasteiger partial charge in [0.05, 0.1) is 6.61 Å². The Kier molecular flexibility index (Phi) is 9.97. The van der Waals surface area contributed by atoms with Gasteiger partial charge in [0.15, 0.2) is 0 Å². The SMILES string of the molecule is CC#CC(=O)COCCCOCC(N)CN. The Labute approximate surface area is 96.5 Å². The smallest absolute Gasteiger partial charge is 0.231 e. The van der Waals surface area contributed by atoms with Gasteiger partial charge < -0.3 is 20.9 Å². The molecule has 0 fully saturated rings. The van der Waals surface area contributed by atoms with Crippen LogP contribution in [-0.4, -0.2) is 44.8 Å². The van der Waals surface area contributed by atoms with Crippen molar-refractivity contribution in [3.63, 3.8) is 0 Å². The quantitative estimate of drug-likeness (QED) is 0.309. The predicted molar refractivity (Wildman–Crippen MR) is 61.7 cm³/mol. The largest absolute Gasteiger partial charge is 0.380 e. The molecular formula is C11H20N2O3. The van der Waals surface area contributed by atoms with Crippen LogP contribution in [0, 0.1) is 11.8 Å². The zero-order chi connectivity index (χ0) is 12.2. The van der Waals surface area contributed by atoms with E-state index in [9.17, 15) is 4.79 Å². The molecule has 0 saturated carbocycles. The van der Waals surface area contributed by atoms with Crippen LogP contribution < -0.4 is 11.5 Å². The lowest BCUT2D eigenvalue weighted by Crippen LogP contribution is -2.34. The van der Waals surface area contributed by atoms with E-state index in [4.69, 9.17) is 20.9 Å². The number of carbonyl (C=O) groups excluding carboxylic acids is 1. The molecule has 1 atom stereocenters. The number of hydrogen-bond acceptors (Lipinski definition) is 5. The van der Waals surface area contributed by atoms with Crippen molar-refractivity contribution >= 4 is 5.78 Å². The maximum Gasteiger partial charge on any atom is 0.231 e. The number of carbonyl (C=O) groups is 1. The van der Waals surface area contributed by atoms with Crippen molar-refractivity contribution in [3.05, 3.63) is 0 Å². The molecule has 0 spiro atoms. The maximum absolute atomic E-state index is 10.9. The highest BCUT2D eigenvalue weighted by molar-refractivity contribution is 5.96. The Balaban J connectivity index is 3.21. The van der Waals surface area contributed by atoms with Crippen LogP contribution >= 0.6 is 0 Å². The highest BCUT2D eigenvalue weighted by atomic mass is 16.5. The van der Waals surface area contributed by atoms with Crippen molar-refractivity contribution in [3.8, 4) is 11.8 Å². The number of rotatable bonds is 9. The predicted octanol–water partition coefficient (Wildman–Crippen LogP) is -0.712. The van der Waals surface area contributed by atoms with Gasteiger partial charge in [-0.1, -0.05) is 5.92 Å². The molecule has 1 unspecified atom stereocenters. The Morgan fingerprint density at radius 3 is 2.69 bits per heavy atom. The van der Waals surface area contributed by atoms with Crippen molar-refractivity contribution in [2.75, 3.05) is 33.0 Å². The molecule has 0 rings (SSSR count). The first-order chi connectivity index (χ1) is 7.70. The lowest BCUT2D eigenvalue weighted by atomic mass is 10.3. The number of ether oxygens (including phenoxy) is 2. The number of ketones is 1. The van der Waals surface area contributed by atoms with Gasteiger partial charge in [0.1, 0.15) is 6.61 Å². The normalized spacial score (nSPS) is 11.7. The Hall–Kier alpha value is -0.930. The van der Waals surface area contributed by atoms with Crippen molar-refractivity contribution in [1.29, 1.82) is 0 Å². The standard InChI is InChI=1S/C11H20N2O3/c1-2-4-11(14)9-16-6-3-5-15-8-10(13)7-12/h10H,3,5-9,12-13H2,1H3. The molecule has 0 aromatic carbocycles. The molecule has 0 saturated heterocycles. The average molecular weight is 228 g/mol. The summed E-state index contributed by atoms with van der Waals surface area (Å²) in [5.74, 6) is 4.71. The van der Waals surface area contributed by atoms with Crippen molar-refractivity contribution in [1.82, 2.24) is 0 Å². The summed E-state index contributed by atoms with van der Waals surface area (Å²) in [7, 11) is 0. The average Bonchev–Trinajstić information content (AvgIpc) is 2.27. The molecule has 5 heteroatoms. The summed E-state index contributed by atoms with van der Waals surface area (Å²) in [6.07, 6.45) is 0.726. The van der Waals surface area contributed by atoms with Gasteiger partial charge in [0, 0.05) is 25.8 Å². The summed E-state index contributed by atoms with van der Waals surface area (Å²) in [6, 6.07) is -0.109. The Morgan fingerprint density at radius 1 is 1.38 bits per heavy atom. The molecule has 4 N–H and O–H groups in total. The molecule has 0 bridgehead atoms. The van der Waals surface area contributed by atoms with E-state index in [1.54, 1.807) is 6.92 Å². The molecule has 16 heavy (non-hydrogen) atoms. The topological polar surface area (TPSA) is 87.6 Å². The summed E-state index contributed by atoms with van der Waals surface area (Å²) >= 11 is 0. The van der Waals surface area contributed by atoms with Crippen LogP contribution in [-0.2, 0) is 14.3 Å².